The maximum absolute atomic E-state index is 11.5. The van der Waals surface area contributed by atoms with Crippen molar-refractivity contribution in [2.75, 3.05) is 7.11 Å². The van der Waals surface area contributed by atoms with Gasteiger partial charge in [-0.1, -0.05) is 35.5 Å². The van der Waals surface area contributed by atoms with Gasteiger partial charge < -0.3 is 14.0 Å². The largest absolute Gasteiger partial charge is 0.469 e. The molecule has 2 aromatic carbocycles. The minimum absolute atomic E-state index is 0.239. The topological polar surface area (TPSA) is 78.6 Å². The molecule has 0 saturated heterocycles. The van der Waals surface area contributed by atoms with Crippen LogP contribution in [0.4, 0.5) is 0 Å². The van der Waals surface area contributed by atoms with Crippen LogP contribution < -0.4 is 4.74 Å². The quantitative estimate of drug-likeness (QED) is 0.499. The number of fused-ring (bicyclic) bond motifs is 3. The molecule has 28 heavy (non-hydrogen) atoms. The van der Waals surface area contributed by atoms with Gasteiger partial charge in [-0.25, -0.2) is 0 Å². The van der Waals surface area contributed by atoms with Crippen molar-refractivity contribution >= 4 is 12.4 Å². The number of nitrogens with zero attached hydrogens (tertiary/aromatic N) is 1. The second-order valence-corrected chi connectivity index (χ2v) is 6.76. The Bertz CT molecular complexity index is 1070. The van der Waals surface area contributed by atoms with Crippen molar-refractivity contribution in [3.8, 4) is 28.2 Å². The van der Waals surface area contributed by atoms with Crippen LogP contribution in [0.15, 0.2) is 40.9 Å². The highest BCUT2D eigenvalue weighted by molar-refractivity contribution is 5.79. The third-order valence-corrected chi connectivity index (χ3v) is 5.04. The number of ether oxygens (including phenoxy) is 2. The first-order valence-corrected chi connectivity index (χ1v) is 8.99. The van der Waals surface area contributed by atoms with E-state index in [-0.39, 0.29) is 12.4 Å². The molecule has 0 amide bonds. The first-order chi connectivity index (χ1) is 13.6. The average molecular weight is 377 g/mol. The molecule has 1 aliphatic rings. The fourth-order valence-corrected chi connectivity index (χ4v) is 3.67. The average Bonchev–Trinajstić information content (AvgIpc) is 3.08. The zero-order chi connectivity index (χ0) is 19.7. The van der Waals surface area contributed by atoms with Crippen molar-refractivity contribution < 1.29 is 23.6 Å². The van der Waals surface area contributed by atoms with Crippen LogP contribution >= 0.6 is 0 Å². The zero-order valence-electron chi connectivity index (χ0n) is 15.7. The van der Waals surface area contributed by atoms with E-state index in [1.807, 2.05) is 18.2 Å². The summed E-state index contributed by atoms with van der Waals surface area (Å²) in [6.45, 7) is 2.11. The van der Waals surface area contributed by atoms with E-state index in [9.17, 15) is 9.59 Å². The van der Waals surface area contributed by atoms with Crippen LogP contribution in [0.5, 0.6) is 5.75 Å². The fourth-order valence-electron chi connectivity index (χ4n) is 3.67. The summed E-state index contributed by atoms with van der Waals surface area (Å²) in [4.78, 5) is 22.3. The van der Waals surface area contributed by atoms with Crippen molar-refractivity contribution in [3.63, 3.8) is 0 Å². The number of benzene rings is 2. The summed E-state index contributed by atoms with van der Waals surface area (Å²) in [5, 5.41) is 3.90. The first-order valence-electron chi connectivity index (χ1n) is 8.99. The number of carbonyl (C=O) groups is 2. The lowest BCUT2D eigenvalue weighted by Gasteiger charge is -2.21. The molecule has 1 aromatic heterocycles. The molecule has 0 spiro atoms. The van der Waals surface area contributed by atoms with E-state index < -0.39 is 0 Å². The Hall–Kier alpha value is -3.41. The van der Waals surface area contributed by atoms with Crippen molar-refractivity contribution in [1.82, 2.24) is 5.16 Å². The van der Waals surface area contributed by atoms with Gasteiger partial charge in [-0.2, -0.15) is 0 Å². The van der Waals surface area contributed by atoms with Gasteiger partial charge in [0.15, 0.2) is 0 Å². The molecule has 1 heterocycles. The van der Waals surface area contributed by atoms with Crippen LogP contribution in [0.25, 0.3) is 22.5 Å². The number of methoxy groups -OCH3 is 1. The number of hydrogen-bond donors (Lipinski definition) is 0. The van der Waals surface area contributed by atoms with Crippen molar-refractivity contribution in [2.24, 2.45) is 0 Å². The van der Waals surface area contributed by atoms with Crippen molar-refractivity contribution in [1.29, 1.82) is 0 Å². The van der Waals surface area contributed by atoms with Gasteiger partial charge in [-0.15, -0.1) is 0 Å². The molecule has 6 nitrogen and oxygen atoms in total. The van der Waals surface area contributed by atoms with Crippen LogP contribution in [0, 0.1) is 6.92 Å². The van der Waals surface area contributed by atoms with Crippen LogP contribution in [-0.4, -0.2) is 24.7 Å². The molecule has 0 aliphatic heterocycles. The summed E-state index contributed by atoms with van der Waals surface area (Å²) in [6, 6.07) is 12.1. The predicted octanol–water partition coefficient (Wildman–Crippen LogP) is 3.67. The molecule has 0 bridgehead atoms. The normalized spacial score (nSPS) is 12.1. The molecule has 0 N–H and O–H groups in total. The molecular weight excluding hydrogens is 358 g/mol. The van der Waals surface area contributed by atoms with Gasteiger partial charge in [0.2, 0.25) is 11.5 Å². The lowest BCUT2D eigenvalue weighted by atomic mass is 9.83. The number of rotatable bonds is 5. The first kappa shape index (κ1) is 18.0. The smallest absolute Gasteiger partial charge is 0.309 e. The molecule has 3 aromatic rings. The van der Waals surface area contributed by atoms with Gasteiger partial charge in [0, 0.05) is 5.56 Å². The Morgan fingerprint density at radius 1 is 1.14 bits per heavy atom. The second-order valence-electron chi connectivity index (χ2n) is 6.76. The third kappa shape index (κ3) is 3.17. The van der Waals surface area contributed by atoms with E-state index in [1.54, 1.807) is 6.92 Å². The molecule has 0 unspecified atom stereocenters. The Morgan fingerprint density at radius 2 is 1.86 bits per heavy atom. The zero-order valence-corrected chi connectivity index (χ0v) is 15.7. The third-order valence-electron chi connectivity index (χ3n) is 5.04. The molecule has 0 saturated carbocycles. The van der Waals surface area contributed by atoms with E-state index in [0.29, 0.717) is 23.7 Å². The summed E-state index contributed by atoms with van der Waals surface area (Å²) in [7, 11) is 1.40. The van der Waals surface area contributed by atoms with Crippen LogP contribution in [0.2, 0.25) is 0 Å². The monoisotopic (exact) mass is 377 g/mol. The molecule has 6 heteroatoms. The Morgan fingerprint density at radius 3 is 2.57 bits per heavy atom. The van der Waals surface area contributed by atoms with E-state index in [2.05, 4.69) is 23.4 Å². The maximum atomic E-state index is 11.5. The summed E-state index contributed by atoms with van der Waals surface area (Å²) in [5.41, 5.74) is 7.05. The van der Waals surface area contributed by atoms with E-state index in [4.69, 9.17) is 14.0 Å². The number of hydrogen-bond acceptors (Lipinski definition) is 6. The Balaban J connectivity index is 1.69. The molecular formula is C22H19NO5. The van der Waals surface area contributed by atoms with Crippen molar-refractivity contribution in [2.45, 2.75) is 26.2 Å². The summed E-state index contributed by atoms with van der Waals surface area (Å²) in [5.74, 6) is 0.557. The highest BCUT2D eigenvalue weighted by Gasteiger charge is 2.21. The van der Waals surface area contributed by atoms with E-state index in [0.717, 1.165) is 29.5 Å². The lowest BCUT2D eigenvalue weighted by molar-refractivity contribution is -0.139. The number of aromatic nitrogens is 1. The standard InChI is InChI=1S/C22H19NO5/c1-13-21(27-12-24)22(28-23-13)17-6-8-19-16(11-17)5-4-15-9-14(3-7-18(15)19)10-20(25)26-2/h3,6-9,11-12H,4-5,10H2,1-2H3. The minimum Gasteiger partial charge on any atom is -0.469 e. The van der Waals surface area contributed by atoms with Gasteiger partial charge >= 0.3 is 5.97 Å². The summed E-state index contributed by atoms with van der Waals surface area (Å²) in [6.07, 6.45) is 2.03. The predicted molar refractivity (Wildman–Crippen MR) is 102 cm³/mol. The van der Waals surface area contributed by atoms with Gasteiger partial charge in [-0.3, -0.25) is 9.59 Å². The number of carbonyl (C=O) groups excluding carboxylic acids is 2. The molecule has 0 fully saturated rings. The molecule has 1 aliphatic carbocycles. The van der Waals surface area contributed by atoms with Crippen LogP contribution in [-0.2, 0) is 33.6 Å². The van der Waals surface area contributed by atoms with Gasteiger partial charge in [-0.05, 0) is 53.6 Å². The SMILES string of the molecule is COC(=O)Cc1ccc2c(c1)CCc1cc(-c3onc(C)c3OC=O)ccc1-2. The van der Waals surface area contributed by atoms with Crippen molar-refractivity contribution in [3.05, 3.63) is 58.8 Å². The maximum Gasteiger partial charge on any atom is 0.309 e. The lowest BCUT2D eigenvalue weighted by Crippen LogP contribution is -2.08. The van der Waals surface area contributed by atoms with Gasteiger partial charge in [0.1, 0.15) is 5.69 Å². The Kier molecular flexibility index (Phi) is 4.69. The summed E-state index contributed by atoms with van der Waals surface area (Å²) < 4.78 is 15.2. The fraction of sp³-hybridized carbons (Fsp3) is 0.227. The molecule has 0 radical (unpaired) electrons. The number of esters is 1. The van der Waals surface area contributed by atoms with Gasteiger partial charge in [0.05, 0.1) is 13.5 Å². The highest BCUT2D eigenvalue weighted by atomic mass is 16.5. The highest BCUT2D eigenvalue weighted by Crippen LogP contribution is 2.39. The summed E-state index contributed by atoms with van der Waals surface area (Å²) >= 11 is 0. The molecule has 4 rings (SSSR count). The van der Waals surface area contributed by atoms with E-state index >= 15 is 0 Å². The van der Waals surface area contributed by atoms with Crippen LogP contribution in [0.1, 0.15) is 22.4 Å². The van der Waals surface area contributed by atoms with E-state index in [1.165, 1.54) is 23.8 Å². The minimum atomic E-state index is -0.239. The Labute approximate surface area is 162 Å². The molecule has 142 valence electrons. The van der Waals surface area contributed by atoms with Crippen LogP contribution in [0.3, 0.4) is 0 Å². The van der Waals surface area contributed by atoms with Gasteiger partial charge in [0.25, 0.3) is 6.47 Å². The number of aryl methyl sites for hydroxylation is 3. The molecule has 0 atom stereocenters. The second kappa shape index (κ2) is 7.31.